The number of phenols is 1. The van der Waals surface area contributed by atoms with E-state index in [-0.39, 0.29) is 11.9 Å². The fourth-order valence-electron chi connectivity index (χ4n) is 3.85. The monoisotopic (exact) mass is 462 g/mol. The Morgan fingerprint density at radius 2 is 1.17 bits per heavy atom. The van der Waals surface area contributed by atoms with E-state index in [1.54, 1.807) is 24.5 Å². The van der Waals surface area contributed by atoms with Crippen molar-refractivity contribution >= 4 is 22.1 Å². The van der Waals surface area contributed by atoms with Gasteiger partial charge in [0, 0.05) is 34.6 Å². The van der Waals surface area contributed by atoms with E-state index < -0.39 is 0 Å². The van der Waals surface area contributed by atoms with Crippen molar-refractivity contribution in [1.29, 1.82) is 0 Å². The quantitative estimate of drug-likeness (QED) is 0.264. The standard InChI is InChI=1S/C16H16N2O.C13H10N2O/c1-11(2)19-14-7-5-12(6-8-14)15-10-13-4-3-9-17-16(13)18-15;16-11-5-3-9(4-6-11)12-8-10-2-1-7-14-13(10)15-12/h3-11H,1-2H3,(H,17,18);1-8,16H,(H,14,15). The van der Waals surface area contributed by atoms with E-state index in [9.17, 15) is 5.11 Å². The summed E-state index contributed by atoms with van der Waals surface area (Å²) >= 11 is 0. The van der Waals surface area contributed by atoms with Gasteiger partial charge in [0.2, 0.25) is 0 Å². The van der Waals surface area contributed by atoms with Crippen LogP contribution in [0.25, 0.3) is 44.6 Å². The molecule has 6 nitrogen and oxygen atoms in total. The molecule has 0 unspecified atom stereocenters. The summed E-state index contributed by atoms with van der Waals surface area (Å²) in [5.41, 5.74) is 6.05. The Morgan fingerprint density at radius 3 is 1.63 bits per heavy atom. The molecule has 0 aliphatic heterocycles. The van der Waals surface area contributed by atoms with Gasteiger partial charge < -0.3 is 19.8 Å². The van der Waals surface area contributed by atoms with Gasteiger partial charge in [-0.1, -0.05) is 0 Å². The Morgan fingerprint density at radius 1 is 0.686 bits per heavy atom. The fourth-order valence-corrected chi connectivity index (χ4v) is 3.85. The lowest BCUT2D eigenvalue weighted by Gasteiger charge is -2.09. The molecular formula is C29H26N4O2. The molecule has 35 heavy (non-hydrogen) atoms. The first-order chi connectivity index (χ1) is 17.0. The normalized spacial score (nSPS) is 10.9. The molecule has 6 heteroatoms. The van der Waals surface area contributed by atoms with Gasteiger partial charge in [-0.25, -0.2) is 9.97 Å². The van der Waals surface area contributed by atoms with Gasteiger partial charge in [0.1, 0.15) is 22.8 Å². The second kappa shape index (κ2) is 9.73. The van der Waals surface area contributed by atoms with E-state index in [0.29, 0.717) is 0 Å². The lowest BCUT2D eigenvalue weighted by molar-refractivity contribution is 0.242. The predicted molar refractivity (Wildman–Crippen MR) is 140 cm³/mol. The number of pyridine rings is 2. The van der Waals surface area contributed by atoms with Crippen molar-refractivity contribution < 1.29 is 9.84 Å². The van der Waals surface area contributed by atoms with Crippen molar-refractivity contribution in [3.8, 4) is 34.0 Å². The van der Waals surface area contributed by atoms with Crippen molar-refractivity contribution in [2.45, 2.75) is 20.0 Å². The number of hydrogen-bond acceptors (Lipinski definition) is 4. The lowest BCUT2D eigenvalue weighted by Crippen LogP contribution is -2.05. The van der Waals surface area contributed by atoms with Gasteiger partial charge >= 0.3 is 0 Å². The molecule has 174 valence electrons. The van der Waals surface area contributed by atoms with Crippen LogP contribution >= 0.6 is 0 Å². The molecule has 0 saturated carbocycles. The molecule has 6 rings (SSSR count). The van der Waals surface area contributed by atoms with Gasteiger partial charge in [0.05, 0.1) is 6.10 Å². The van der Waals surface area contributed by atoms with Crippen molar-refractivity contribution in [2.24, 2.45) is 0 Å². The van der Waals surface area contributed by atoms with Crippen LogP contribution in [0.5, 0.6) is 11.5 Å². The molecule has 0 fully saturated rings. The first-order valence-electron chi connectivity index (χ1n) is 11.5. The Bertz CT molecular complexity index is 1480. The largest absolute Gasteiger partial charge is 0.508 e. The van der Waals surface area contributed by atoms with Crippen LogP contribution in [-0.4, -0.2) is 31.1 Å². The number of aromatic nitrogens is 4. The van der Waals surface area contributed by atoms with Crippen molar-refractivity contribution in [2.75, 3.05) is 0 Å². The number of aromatic hydroxyl groups is 1. The Kier molecular flexibility index (Phi) is 6.18. The molecular weight excluding hydrogens is 436 g/mol. The van der Waals surface area contributed by atoms with Crippen molar-refractivity contribution in [3.63, 3.8) is 0 Å². The number of ether oxygens (including phenoxy) is 1. The summed E-state index contributed by atoms with van der Waals surface area (Å²) in [7, 11) is 0. The maximum Gasteiger partial charge on any atom is 0.137 e. The Balaban J connectivity index is 0.000000147. The van der Waals surface area contributed by atoms with Crippen LogP contribution in [0.4, 0.5) is 0 Å². The zero-order valence-electron chi connectivity index (χ0n) is 19.6. The highest BCUT2D eigenvalue weighted by Gasteiger charge is 2.05. The van der Waals surface area contributed by atoms with Crippen LogP contribution in [0, 0.1) is 0 Å². The smallest absolute Gasteiger partial charge is 0.137 e. The number of phenolic OH excluding ortho intramolecular Hbond substituents is 1. The molecule has 0 spiro atoms. The van der Waals surface area contributed by atoms with Crippen LogP contribution in [0.15, 0.2) is 97.3 Å². The molecule has 4 heterocycles. The van der Waals surface area contributed by atoms with Crippen LogP contribution < -0.4 is 4.74 Å². The summed E-state index contributed by atoms with van der Waals surface area (Å²) in [6, 6.07) is 27.3. The van der Waals surface area contributed by atoms with Crippen LogP contribution in [-0.2, 0) is 0 Å². The lowest BCUT2D eigenvalue weighted by atomic mass is 10.1. The third-order valence-corrected chi connectivity index (χ3v) is 5.50. The predicted octanol–water partition coefficient (Wildman–Crippen LogP) is 6.95. The number of nitrogens with one attached hydrogen (secondary N) is 2. The zero-order valence-corrected chi connectivity index (χ0v) is 19.6. The van der Waals surface area contributed by atoms with Gasteiger partial charge in [-0.2, -0.15) is 0 Å². The number of nitrogens with zero attached hydrogens (tertiary/aromatic N) is 2. The third-order valence-electron chi connectivity index (χ3n) is 5.50. The van der Waals surface area contributed by atoms with E-state index >= 15 is 0 Å². The topological polar surface area (TPSA) is 86.8 Å². The molecule has 3 N–H and O–H groups in total. The van der Waals surface area contributed by atoms with Crippen LogP contribution in [0.3, 0.4) is 0 Å². The second-order valence-electron chi connectivity index (χ2n) is 8.49. The van der Waals surface area contributed by atoms with Gasteiger partial charge in [-0.15, -0.1) is 0 Å². The average Bonchev–Trinajstić information content (AvgIpc) is 3.49. The Labute approximate surface area is 203 Å². The number of benzene rings is 2. The van der Waals surface area contributed by atoms with E-state index in [4.69, 9.17) is 4.74 Å². The maximum absolute atomic E-state index is 9.22. The van der Waals surface area contributed by atoms with Gasteiger partial charge in [0.15, 0.2) is 0 Å². The summed E-state index contributed by atoms with van der Waals surface area (Å²) in [6.07, 6.45) is 3.75. The number of aromatic amines is 2. The minimum absolute atomic E-state index is 0.197. The molecule has 0 saturated heterocycles. The molecule has 0 aliphatic rings. The minimum Gasteiger partial charge on any atom is -0.508 e. The van der Waals surface area contributed by atoms with E-state index in [1.807, 2.05) is 56.3 Å². The molecule has 2 aromatic carbocycles. The summed E-state index contributed by atoms with van der Waals surface area (Å²) < 4.78 is 5.64. The first kappa shape index (κ1) is 22.2. The molecule has 0 radical (unpaired) electrons. The highest BCUT2D eigenvalue weighted by Crippen LogP contribution is 2.26. The SMILES string of the molecule is CC(C)Oc1ccc(-c2cc3cccnc3[nH]2)cc1.Oc1ccc(-c2cc3cccnc3[nH]2)cc1. The molecule has 0 amide bonds. The first-order valence-corrected chi connectivity index (χ1v) is 11.5. The van der Waals surface area contributed by atoms with Gasteiger partial charge in [-0.05, 0) is 110 Å². The summed E-state index contributed by atoms with van der Waals surface area (Å²) in [6.45, 7) is 4.05. The number of hydrogen-bond donors (Lipinski definition) is 3. The average molecular weight is 463 g/mol. The molecule has 6 aromatic rings. The van der Waals surface area contributed by atoms with Crippen LogP contribution in [0.2, 0.25) is 0 Å². The number of H-pyrrole nitrogens is 2. The maximum atomic E-state index is 9.22. The molecule has 4 aromatic heterocycles. The molecule has 0 aliphatic carbocycles. The highest BCUT2D eigenvalue weighted by molar-refractivity contribution is 5.83. The second-order valence-corrected chi connectivity index (χ2v) is 8.49. The third kappa shape index (κ3) is 5.17. The molecule has 0 atom stereocenters. The molecule has 0 bridgehead atoms. The van der Waals surface area contributed by atoms with Crippen LogP contribution in [0.1, 0.15) is 13.8 Å². The summed E-state index contributed by atoms with van der Waals surface area (Å²) in [5, 5.41) is 11.4. The summed E-state index contributed by atoms with van der Waals surface area (Å²) in [5.74, 6) is 1.17. The van der Waals surface area contributed by atoms with Crippen molar-refractivity contribution in [1.82, 2.24) is 19.9 Å². The van der Waals surface area contributed by atoms with E-state index in [1.165, 1.54) is 0 Å². The van der Waals surface area contributed by atoms with Gasteiger partial charge in [0.25, 0.3) is 0 Å². The Hall–Kier alpha value is -4.58. The van der Waals surface area contributed by atoms with Crippen molar-refractivity contribution in [3.05, 3.63) is 97.3 Å². The highest BCUT2D eigenvalue weighted by atomic mass is 16.5. The number of fused-ring (bicyclic) bond motifs is 2. The summed E-state index contributed by atoms with van der Waals surface area (Å²) in [4.78, 5) is 15.1. The van der Waals surface area contributed by atoms with E-state index in [0.717, 1.165) is 50.3 Å². The fraction of sp³-hybridized carbons (Fsp3) is 0.103. The minimum atomic E-state index is 0.197. The van der Waals surface area contributed by atoms with Gasteiger partial charge in [-0.3, -0.25) is 0 Å². The zero-order chi connectivity index (χ0) is 24.2. The van der Waals surface area contributed by atoms with E-state index in [2.05, 4.69) is 50.3 Å². The number of rotatable bonds is 4.